The van der Waals surface area contributed by atoms with Crippen molar-refractivity contribution in [3.8, 4) is 6.07 Å². The zero-order valence-electron chi connectivity index (χ0n) is 12.8. The smallest absolute Gasteiger partial charge is 0.306 e. The lowest BCUT2D eigenvalue weighted by Gasteiger charge is -2.19. The van der Waals surface area contributed by atoms with Crippen LogP contribution in [0.4, 0.5) is 5.69 Å². The third-order valence-corrected chi connectivity index (χ3v) is 2.70. The highest BCUT2D eigenvalue weighted by Gasteiger charge is 2.17. The monoisotopic (exact) mass is 288 g/mol. The maximum atomic E-state index is 11.8. The summed E-state index contributed by atoms with van der Waals surface area (Å²) in [5.74, 6) is -0.681. The Morgan fingerprint density at radius 2 is 1.95 bits per heavy atom. The molecule has 0 radical (unpaired) electrons. The van der Waals surface area contributed by atoms with Crippen molar-refractivity contribution in [2.24, 2.45) is 0 Å². The molecule has 0 aromatic heterocycles. The fourth-order valence-electron chi connectivity index (χ4n) is 1.71. The van der Waals surface area contributed by atoms with Crippen LogP contribution >= 0.6 is 0 Å². The number of amides is 1. The van der Waals surface area contributed by atoms with E-state index in [2.05, 4.69) is 11.4 Å². The number of esters is 1. The van der Waals surface area contributed by atoms with E-state index in [0.717, 1.165) is 0 Å². The normalized spacial score (nSPS) is 10.6. The van der Waals surface area contributed by atoms with E-state index in [9.17, 15) is 9.59 Å². The first-order valence-electron chi connectivity index (χ1n) is 6.74. The van der Waals surface area contributed by atoms with Crippen molar-refractivity contribution < 1.29 is 14.3 Å². The Morgan fingerprint density at radius 1 is 1.29 bits per heavy atom. The third-order valence-electron chi connectivity index (χ3n) is 2.70. The number of nitrogens with one attached hydrogen (secondary N) is 1. The first-order valence-corrected chi connectivity index (χ1v) is 6.74. The van der Waals surface area contributed by atoms with E-state index in [0.29, 0.717) is 16.8 Å². The lowest BCUT2D eigenvalue weighted by molar-refractivity contribution is -0.155. The topological polar surface area (TPSA) is 79.2 Å². The minimum Gasteiger partial charge on any atom is -0.460 e. The zero-order valence-corrected chi connectivity index (χ0v) is 12.8. The molecule has 1 aromatic carbocycles. The third kappa shape index (κ3) is 5.65. The summed E-state index contributed by atoms with van der Waals surface area (Å²) in [6.45, 7) is 7.10. The highest BCUT2D eigenvalue weighted by Crippen LogP contribution is 2.18. The Kier molecular flexibility index (Phi) is 5.48. The van der Waals surface area contributed by atoms with Crippen LogP contribution in [-0.2, 0) is 14.3 Å². The van der Waals surface area contributed by atoms with E-state index < -0.39 is 11.6 Å². The number of rotatable bonds is 4. The lowest BCUT2D eigenvalue weighted by atomic mass is 10.1. The number of anilines is 1. The SMILES string of the molecule is Cc1c(C#N)cccc1NC(=O)CCC(=O)OC(C)(C)C. The predicted molar refractivity (Wildman–Crippen MR) is 79.6 cm³/mol. The molecule has 5 nitrogen and oxygen atoms in total. The van der Waals surface area contributed by atoms with E-state index in [1.807, 2.05) is 0 Å². The summed E-state index contributed by atoms with van der Waals surface area (Å²) in [4.78, 5) is 23.4. The van der Waals surface area contributed by atoms with Crippen molar-refractivity contribution in [2.45, 2.75) is 46.1 Å². The molecule has 0 bridgehead atoms. The second kappa shape index (κ2) is 6.89. The van der Waals surface area contributed by atoms with Gasteiger partial charge in [0.25, 0.3) is 0 Å². The number of hydrogen-bond acceptors (Lipinski definition) is 4. The highest BCUT2D eigenvalue weighted by atomic mass is 16.6. The van der Waals surface area contributed by atoms with Gasteiger partial charge < -0.3 is 10.1 Å². The molecule has 0 fully saturated rings. The largest absolute Gasteiger partial charge is 0.460 e. The van der Waals surface area contributed by atoms with Crippen LogP contribution in [0.2, 0.25) is 0 Å². The molecule has 0 aliphatic heterocycles. The molecule has 0 unspecified atom stereocenters. The Labute approximate surface area is 124 Å². The number of ether oxygens (including phenoxy) is 1. The molecule has 21 heavy (non-hydrogen) atoms. The van der Waals surface area contributed by atoms with Crippen LogP contribution in [0.25, 0.3) is 0 Å². The lowest BCUT2D eigenvalue weighted by Crippen LogP contribution is -2.24. The van der Waals surface area contributed by atoms with Gasteiger partial charge in [0.1, 0.15) is 5.60 Å². The van der Waals surface area contributed by atoms with Crippen molar-refractivity contribution in [3.05, 3.63) is 29.3 Å². The average Bonchev–Trinajstić information content (AvgIpc) is 2.37. The minimum atomic E-state index is -0.550. The van der Waals surface area contributed by atoms with Crippen molar-refractivity contribution in [2.75, 3.05) is 5.32 Å². The number of hydrogen-bond donors (Lipinski definition) is 1. The second-order valence-corrected chi connectivity index (χ2v) is 5.72. The summed E-state index contributed by atoms with van der Waals surface area (Å²) < 4.78 is 5.14. The van der Waals surface area contributed by atoms with E-state index in [-0.39, 0.29) is 18.7 Å². The van der Waals surface area contributed by atoms with Crippen LogP contribution in [0.15, 0.2) is 18.2 Å². The van der Waals surface area contributed by atoms with E-state index >= 15 is 0 Å². The second-order valence-electron chi connectivity index (χ2n) is 5.72. The van der Waals surface area contributed by atoms with Crippen LogP contribution in [0, 0.1) is 18.3 Å². The maximum Gasteiger partial charge on any atom is 0.306 e. The molecule has 0 spiro atoms. The molecule has 0 aliphatic rings. The van der Waals surface area contributed by atoms with Crippen molar-refractivity contribution >= 4 is 17.6 Å². The van der Waals surface area contributed by atoms with E-state index in [4.69, 9.17) is 10.00 Å². The van der Waals surface area contributed by atoms with Crippen molar-refractivity contribution in [1.82, 2.24) is 0 Å². The van der Waals surface area contributed by atoms with Crippen LogP contribution in [-0.4, -0.2) is 17.5 Å². The van der Waals surface area contributed by atoms with Crippen LogP contribution in [0.5, 0.6) is 0 Å². The van der Waals surface area contributed by atoms with Crippen molar-refractivity contribution in [1.29, 1.82) is 5.26 Å². The number of benzene rings is 1. The van der Waals surface area contributed by atoms with E-state index in [1.54, 1.807) is 45.9 Å². The molecule has 1 amide bonds. The number of nitriles is 1. The number of nitrogens with zero attached hydrogens (tertiary/aromatic N) is 1. The molecule has 5 heteroatoms. The summed E-state index contributed by atoms with van der Waals surface area (Å²) in [6.07, 6.45) is 0.0746. The van der Waals surface area contributed by atoms with Gasteiger partial charge in [-0.3, -0.25) is 9.59 Å². The first-order chi connectivity index (χ1) is 9.73. The maximum absolute atomic E-state index is 11.8. The molecule has 0 saturated carbocycles. The molecular formula is C16H20N2O3. The van der Waals surface area contributed by atoms with Gasteiger partial charge in [-0.2, -0.15) is 5.26 Å². The Morgan fingerprint density at radius 3 is 2.52 bits per heavy atom. The first kappa shape index (κ1) is 16.7. The predicted octanol–water partition coefficient (Wildman–Crippen LogP) is 2.93. The van der Waals surface area contributed by atoms with Crippen LogP contribution in [0.1, 0.15) is 44.7 Å². The van der Waals surface area contributed by atoms with Gasteiger partial charge in [0.05, 0.1) is 18.1 Å². The van der Waals surface area contributed by atoms with Gasteiger partial charge in [-0.1, -0.05) is 6.07 Å². The van der Waals surface area contributed by atoms with Gasteiger partial charge in [0.15, 0.2) is 0 Å². The zero-order chi connectivity index (χ0) is 16.0. The quantitative estimate of drug-likeness (QED) is 0.864. The molecule has 112 valence electrons. The van der Waals surface area contributed by atoms with Gasteiger partial charge in [0, 0.05) is 12.1 Å². The summed E-state index contributed by atoms with van der Waals surface area (Å²) in [5, 5.41) is 11.6. The average molecular weight is 288 g/mol. The summed E-state index contributed by atoms with van der Waals surface area (Å²) >= 11 is 0. The molecule has 0 heterocycles. The van der Waals surface area contributed by atoms with Gasteiger partial charge >= 0.3 is 5.97 Å². The highest BCUT2D eigenvalue weighted by molar-refractivity contribution is 5.93. The fourth-order valence-corrected chi connectivity index (χ4v) is 1.71. The van der Waals surface area contributed by atoms with E-state index in [1.165, 1.54) is 0 Å². The van der Waals surface area contributed by atoms with Crippen LogP contribution < -0.4 is 5.32 Å². The Bertz CT molecular complexity index is 580. The summed E-state index contributed by atoms with van der Waals surface area (Å²) in [5.41, 5.74) is 1.26. The Balaban J connectivity index is 2.56. The molecular weight excluding hydrogens is 268 g/mol. The minimum absolute atomic E-state index is 0.0279. The molecule has 0 atom stereocenters. The van der Waals surface area contributed by atoms with Gasteiger partial charge in [0.2, 0.25) is 5.91 Å². The Hall–Kier alpha value is -2.35. The standard InChI is InChI=1S/C16H20N2O3/c1-11-12(10-17)6-5-7-13(11)18-14(19)8-9-15(20)21-16(2,3)4/h5-7H,8-9H2,1-4H3,(H,18,19). The van der Waals surface area contributed by atoms with Crippen LogP contribution in [0.3, 0.4) is 0 Å². The van der Waals surface area contributed by atoms with Crippen molar-refractivity contribution in [3.63, 3.8) is 0 Å². The van der Waals surface area contributed by atoms with Gasteiger partial charge in [-0.05, 0) is 45.4 Å². The number of carbonyl (C=O) groups is 2. The van der Waals surface area contributed by atoms with Gasteiger partial charge in [-0.25, -0.2) is 0 Å². The summed E-state index contributed by atoms with van der Waals surface area (Å²) in [7, 11) is 0. The van der Waals surface area contributed by atoms with Gasteiger partial charge in [-0.15, -0.1) is 0 Å². The summed E-state index contributed by atoms with van der Waals surface area (Å²) in [6, 6.07) is 7.17. The molecule has 1 aromatic rings. The molecule has 1 rings (SSSR count). The molecule has 0 aliphatic carbocycles. The fraction of sp³-hybridized carbons (Fsp3) is 0.438. The number of carbonyl (C=O) groups excluding carboxylic acids is 2. The molecule has 0 saturated heterocycles. The molecule has 1 N–H and O–H groups in total.